The van der Waals surface area contributed by atoms with Gasteiger partial charge in [0.25, 0.3) is 0 Å². The Morgan fingerprint density at radius 3 is 2.20 bits per heavy atom. The van der Waals surface area contributed by atoms with Gasteiger partial charge in [-0.05, 0) is 37.0 Å². The molecule has 0 amide bonds. The number of ketones is 1. The molecule has 0 spiro atoms. The Labute approximate surface area is 90.9 Å². The van der Waals surface area contributed by atoms with E-state index in [1.165, 1.54) is 6.92 Å². The van der Waals surface area contributed by atoms with E-state index in [9.17, 15) is 9.90 Å². The van der Waals surface area contributed by atoms with Gasteiger partial charge in [0, 0.05) is 11.1 Å². The number of carbonyl (C=O) groups excluding carboxylic acids is 1. The summed E-state index contributed by atoms with van der Waals surface area (Å²) >= 11 is 0. The zero-order chi connectivity index (χ0) is 11.8. The lowest BCUT2D eigenvalue weighted by molar-refractivity contribution is 0.101. The van der Waals surface area contributed by atoms with E-state index in [0.29, 0.717) is 11.3 Å². The van der Waals surface area contributed by atoms with Gasteiger partial charge in [0.1, 0.15) is 5.75 Å². The molecule has 0 saturated heterocycles. The van der Waals surface area contributed by atoms with Crippen molar-refractivity contribution in [2.24, 2.45) is 0 Å². The van der Waals surface area contributed by atoms with Crippen molar-refractivity contribution in [3.8, 4) is 5.75 Å². The van der Waals surface area contributed by atoms with E-state index in [4.69, 9.17) is 0 Å². The molecule has 0 saturated carbocycles. The van der Waals surface area contributed by atoms with Crippen molar-refractivity contribution in [2.45, 2.75) is 40.0 Å². The lowest BCUT2D eigenvalue weighted by Gasteiger charge is -2.22. The van der Waals surface area contributed by atoms with Crippen LogP contribution in [0.15, 0.2) is 12.1 Å². The van der Waals surface area contributed by atoms with Gasteiger partial charge >= 0.3 is 0 Å². The van der Waals surface area contributed by atoms with E-state index in [1.54, 1.807) is 12.1 Å². The number of phenolic OH excluding ortho intramolecular Hbond substituents is 1. The van der Waals surface area contributed by atoms with Crippen molar-refractivity contribution in [1.29, 1.82) is 0 Å². The summed E-state index contributed by atoms with van der Waals surface area (Å²) in [5.41, 5.74) is 2.09. The fourth-order valence-corrected chi connectivity index (χ4v) is 1.55. The first-order valence-corrected chi connectivity index (χ1v) is 5.08. The predicted octanol–water partition coefficient (Wildman–Crippen LogP) is 3.20. The minimum Gasteiger partial charge on any atom is -0.507 e. The first kappa shape index (κ1) is 11.8. The van der Waals surface area contributed by atoms with Crippen LogP contribution >= 0.6 is 0 Å². The summed E-state index contributed by atoms with van der Waals surface area (Å²) in [5.74, 6) is 0.330. The van der Waals surface area contributed by atoms with Crippen LogP contribution in [0.4, 0.5) is 0 Å². The van der Waals surface area contributed by atoms with Crippen molar-refractivity contribution in [2.75, 3.05) is 0 Å². The van der Waals surface area contributed by atoms with Crippen molar-refractivity contribution >= 4 is 5.78 Å². The summed E-state index contributed by atoms with van der Waals surface area (Å²) in [7, 11) is 0. The summed E-state index contributed by atoms with van der Waals surface area (Å²) in [6.45, 7) is 9.41. The average Bonchev–Trinajstić information content (AvgIpc) is 2.06. The molecule has 1 aromatic rings. The Hall–Kier alpha value is -1.31. The van der Waals surface area contributed by atoms with E-state index < -0.39 is 0 Å². The fraction of sp³-hybridized carbons (Fsp3) is 0.462. The topological polar surface area (TPSA) is 37.3 Å². The third-order valence-electron chi connectivity index (χ3n) is 2.52. The largest absolute Gasteiger partial charge is 0.507 e. The van der Waals surface area contributed by atoms with Gasteiger partial charge in [-0.1, -0.05) is 20.8 Å². The molecule has 15 heavy (non-hydrogen) atoms. The number of hydrogen-bond donors (Lipinski definition) is 1. The Morgan fingerprint density at radius 2 is 1.80 bits per heavy atom. The molecular weight excluding hydrogens is 188 g/mol. The van der Waals surface area contributed by atoms with Gasteiger partial charge in [0.2, 0.25) is 0 Å². The monoisotopic (exact) mass is 206 g/mol. The van der Waals surface area contributed by atoms with Gasteiger partial charge in [0.15, 0.2) is 5.78 Å². The summed E-state index contributed by atoms with van der Waals surface area (Å²) < 4.78 is 0. The number of aromatic hydroxyl groups is 1. The smallest absolute Gasteiger partial charge is 0.159 e. The molecule has 0 aliphatic rings. The molecule has 2 nitrogen and oxygen atoms in total. The summed E-state index contributed by atoms with van der Waals surface area (Å²) in [4.78, 5) is 11.3. The van der Waals surface area contributed by atoms with Crippen LogP contribution in [0.3, 0.4) is 0 Å². The fourth-order valence-electron chi connectivity index (χ4n) is 1.55. The molecule has 0 unspecified atom stereocenters. The van der Waals surface area contributed by atoms with Gasteiger partial charge in [-0.2, -0.15) is 0 Å². The summed E-state index contributed by atoms with van der Waals surface area (Å²) in [6, 6.07) is 3.51. The Kier molecular flexibility index (Phi) is 2.89. The van der Waals surface area contributed by atoms with Gasteiger partial charge in [-0.3, -0.25) is 4.79 Å². The molecule has 1 aromatic carbocycles. The molecule has 1 rings (SSSR count). The molecule has 0 bridgehead atoms. The third kappa shape index (κ3) is 2.38. The van der Waals surface area contributed by atoms with Gasteiger partial charge < -0.3 is 5.11 Å². The number of phenols is 1. The zero-order valence-electron chi connectivity index (χ0n) is 10.0. The molecule has 0 heterocycles. The van der Waals surface area contributed by atoms with Crippen LogP contribution in [0.1, 0.15) is 49.2 Å². The molecule has 0 fully saturated rings. The SMILES string of the molecule is CC(=O)c1cc(C)c(O)c(C(C)(C)C)c1. The number of Topliss-reactive ketones (excluding diaryl/α,β-unsaturated/α-hetero) is 1. The molecule has 0 aliphatic heterocycles. The molecular formula is C13H18O2. The molecule has 0 aromatic heterocycles. The van der Waals surface area contributed by atoms with Crippen molar-refractivity contribution in [3.63, 3.8) is 0 Å². The van der Waals surface area contributed by atoms with Gasteiger partial charge in [-0.25, -0.2) is 0 Å². The van der Waals surface area contributed by atoms with E-state index in [0.717, 1.165) is 11.1 Å². The van der Waals surface area contributed by atoms with Gasteiger partial charge in [0.05, 0.1) is 0 Å². The van der Waals surface area contributed by atoms with Crippen molar-refractivity contribution < 1.29 is 9.90 Å². The Bertz CT molecular complexity index is 398. The first-order valence-electron chi connectivity index (χ1n) is 5.08. The number of carbonyl (C=O) groups is 1. The standard InChI is InChI=1S/C13H18O2/c1-8-6-10(9(2)14)7-11(12(8)15)13(3,4)5/h6-7,15H,1-5H3. The highest BCUT2D eigenvalue weighted by atomic mass is 16.3. The van der Waals surface area contributed by atoms with Crippen molar-refractivity contribution in [3.05, 3.63) is 28.8 Å². The zero-order valence-corrected chi connectivity index (χ0v) is 10.0. The van der Waals surface area contributed by atoms with Crippen LogP contribution < -0.4 is 0 Å². The second-order valence-electron chi connectivity index (χ2n) is 5.00. The van der Waals surface area contributed by atoms with E-state index in [-0.39, 0.29) is 11.2 Å². The minimum absolute atomic E-state index is 0.0311. The van der Waals surface area contributed by atoms with Gasteiger partial charge in [-0.15, -0.1) is 0 Å². The second-order valence-corrected chi connectivity index (χ2v) is 5.00. The number of benzene rings is 1. The number of aryl methyl sites for hydroxylation is 1. The molecule has 0 aliphatic carbocycles. The van der Waals surface area contributed by atoms with Crippen LogP contribution in [0.2, 0.25) is 0 Å². The van der Waals surface area contributed by atoms with Crippen LogP contribution in [0.25, 0.3) is 0 Å². The normalized spacial score (nSPS) is 11.5. The van der Waals surface area contributed by atoms with Crippen LogP contribution in [-0.2, 0) is 5.41 Å². The third-order valence-corrected chi connectivity index (χ3v) is 2.52. The first-order chi connectivity index (χ1) is 6.73. The van der Waals surface area contributed by atoms with Crippen molar-refractivity contribution in [1.82, 2.24) is 0 Å². The van der Waals surface area contributed by atoms with Crippen LogP contribution in [0.5, 0.6) is 5.75 Å². The highest BCUT2D eigenvalue weighted by Gasteiger charge is 2.20. The molecule has 0 radical (unpaired) electrons. The maximum Gasteiger partial charge on any atom is 0.159 e. The molecule has 1 N–H and O–H groups in total. The lowest BCUT2D eigenvalue weighted by atomic mass is 9.84. The number of hydrogen-bond acceptors (Lipinski definition) is 2. The molecule has 2 heteroatoms. The van der Waals surface area contributed by atoms with E-state index in [1.807, 2.05) is 27.7 Å². The van der Waals surface area contributed by atoms with E-state index >= 15 is 0 Å². The average molecular weight is 206 g/mol. The maximum absolute atomic E-state index is 11.3. The van der Waals surface area contributed by atoms with Crippen LogP contribution in [0, 0.1) is 6.92 Å². The Balaban J connectivity index is 3.45. The Morgan fingerprint density at radius 1 is 1.27 bits per heavy atom. The summed E-state index contributed by atoms with van der Waals surface area (Å²) in [6.07, 6.45) is 0. The predicted molar refractivity (Wildman–Crippen MR) is 61.5 cm³/mol. The van der Waals surface area contributed by atoms with Crippen LogP contribution in [-0.4, -0.2) is 10.9 Å². The minimum atomic E-state index is -0.152. The lowest BCUT2D eigenvalue weighted by Crippen LogP contribution is -2.13. The summed E-state index contributed by atoms with van der Waals surface area (Å²) in [5, 5.41) is 9.93. The van der Waals surface area contributed by atoms with E-state index in [2.05, 4.69) is 0 Å². The molecule has 0 atom stereocenters. The molecule has 82 valence electrons. The second kappa shape index (κ2) is 3.69. The maximum atomic E-state index is 11.3. The quantitative estimate of drug-likeness (QED) is 0.716. The number of rotatable bonds is 1. The highest BCUT2D eigenvalue weighted by molar-refractivity contribution is 5.94. The highest BCUT2D eigenvalue weighted by Crippen LogP contribution is 2.34.